The third-order valence-corrected chi connectivity index (χ3v) is 9.78. The van der Waals surface area contributed by atoms with Crippen LogP contribution in [0.25, 0.3) is 11.8 Å². The molecule has 0 bridgehead atoms. The van der Waals surface area contributed by atoms with Gasteiger partial charge in [0.2, 0.25) is 10.0 Å². The van der Waals surface area contributed by atoms with Crippen molar-refractivity contribution < 1.29 is 30.7 Å². The highest BCUT2D eigenvalue weighted by atomic mass is 32.2. The zero-order valence-electron chi connectivity index (χ0n) is 21.4. The van der Waals surface area contributed by atoms with Gasteiger partial charge < -0.3 is 15.5 Å². The van der Waals surface area contributed by atoms with Crippen molar-refractivity contribution in [1.82, 2.24) is 19.1 Å². The van der Waals surface area contributed by atoms with Crippen LogP contribution in [-0.2, 0) is 27.4 Å². The van der Waals surface area contributed by atoms with Crippen molar-refractivity contribution in [1.29, 1.82) is 0 Å². The summed E-state index contributed by atoms with van der Waals surface area (Å²) in [6.07, 6.45) is 0.840. The molecule has 210 valence electrons. The van der Waals surface area contributed by atoms with Gasteiger partial charge in [0.15, 0.2) is 0 Å². The summed E-state index contributed by atoms with van der Waals surface area (Å²) in [7, 11) is -3.16. The Balaban J connectivity index is 1.46. The molecule has 3 aromatic rings. The third-order valence-electron chi connectivity index (χ3n) is 7.90. The molecule has 1 aromatic carbocycles. The number of anilines is 1. The van der Waals surface area contributed by atoms with Crippen LogP contribution < -0.4 is 5.73 Å². The molecule has 1 fully saturated rings. The zero-order valence-corrected chi connectivity index (χ0v) is 22.2. The topological polar surface area (TPSA) is 106 Å². The van der Waals surface area contributed by atoms with Crippen LogP contribution in [0.15, 0.2) is 47.0 Å². The Morgan fingerprint density at radius 3 is 2.67 bits per heavy atom. The standard InChI is InChI=1S/C26H29F4N5O3S/c1-25-13-16-14-32-35(20-7-5-19(27)6-8-20)21(16)11-17(25)3-4-18(25)15-34(9-10-38-2)39(36,37)22-12-23(31)33-24(22)26(28,29)30/h5-8,11-12,14,18,33H,3-4,9-10,13,15,31H2,1-2H3/t18-,25+/m1/s1. The molecule has 39 heavy (non-hydrogen) atoms. The number of nitrogens with zero attached hydrogens (tertiary/aromatic N) is 3. The molecule has 2 atom stereocenters. The maximum atomic E-state index is 13.7. The van der Waals surface area contributed by atoms with Gasteiger partial charge in [-0.25, -0.2) is 17.5 Å². The highest BCUT2D eigenvalue weighted by Gasteiger charge is 2.48. The SMILES string of the molecule is COCCN(C[C@H]1CCC2=Cc3c(cnn3-c3ccc(F)cc3)C[C@@]21C)S(=O)(=O)c1cc(N)[nH]c1C(F)(F)F. The summed E-state index contributed by atoms with van der Waals surface area (Å²) >= 11 is 0. The number of nitrogens with two attached hydrogens (primary N) is 1. The Bertz CT molecular complexity index is 1510. The average Bonchev–Trinajstić information content (AvgIpc) is 3.55. The maximum absolute atomic E-state index is 13.7. The number of nitrogen functional groups attached to an aromatic ring is 1. The lowest BCUT2D eigenvalue weighted by Gasteiger charge is -2.38. The van der Waals surface area contributed by atoms with Crippen LogP contribution in [0.4, 0.5) is 23.4 Å². The second kappa shape index (κ2) is 9.79. The molecule has 8 nitrogen and oxygen atoms in total. The fourth-order valence-electron chi connectivity index (χ4n) is 5.77. The van der Waals surface area contributed by atoms with Gasteiger partial charge in [-0.2, -0.15) is 22.6 Å². The number of fused-ring (bicyclic) bond motifs is 2. The van der Waals surface area contributed by atoms with Crippen molar-refractivity contribution in [3.63, 3.8) is 0 Å². The van der Waals surface area contributed by atoms with E-state index in [1.54, 1.807) is 23.0 Å². The number of H-pyrrole nitrogens is 1. The van der Waals surface area contributed by atoms with E-state index in [2.05, 4.69) is 18.1 Å². The number of hydrogen-bond donors (Lipinski definition) is 2. The molecule has 2 heterocycles. The molecule has 0 amide bonds. The minimum Gasteiger partial charge on any atom is -0.385 e. The molecule has 2 aliphatic carbocycles. The molecular formula is C26H29F4N5O3S. The number of nitrogens with one attached hydrogen (secondary N) is 1. The predicted molar refractivity (Wildman–Crippen MR) is 137 cm³/mol. The van der Waals surface area contributed by atoms with Crippen LogP contribution >= 0.6 is 0 Å². The summed E-state index contributed by atoms with van der Waals surface area (Å²) in [4.78, 5) is 1.06. The Hall–Kier alpha value is -3.16. The Morgan fingerprint density at radius 1 is 1.28 bits per heavy atom. The molecule has 1 saturated carbocycles. The van der Waals surface area contributed by atoms with Crippen molar-refractivity contribution in [2.45, 2.75) is 37.3 Å². The predicted octanol–water partition coefficient (Wildman–Crippen LogP) is 4.63. The van der Waals surface area contributed by atoms with E-state index in [1.165, 1.54) is 19.2 Å². The first kappa shape index (κ1) is 27.4. The number of sulfonamides is 1. The van der Waals surface area contributed by atoms with Crippen LogP contribution in [0.1, 0.15) is 36.7 Å². The minimum absolute atomic E-state index is 0.0151. The average molecular weight is 568 g/mol. The number of benzene rings is 1. The molecule has 0 aliphatic heterocycles. The van der Waals surface area contributed by atoms with Gasteiger partial charge in [0.25, 0.3) is 0 Å². The van der Waals surface area contributed by atoms with Gasteiger partial charge in [-0.3, -0.25) is 0 Å². The normalized spacial score (nSPS) is 21.2. The van der Waals surface area contributed by atoms with Crippen molar-refractivity contribution in [3.05, 3.63) is 64.9 Å². The van der Waals surface area contributed by atoms with E-state index in [-0.39, 0.29) is 37.2 Å². The van der Waals surface area contributed by atoms with Gasteiger partial charge in [-0.1, -0.05) is 12.5 Å². The fraction of sp³-hybridized carbons (Fsp3) is 0.423. The van der Waals surface area contributed by atoms with Gasteiger partial charge in [0.1, 0.15) is 22.2 Å². The quantitative estimate of drug-likeness (QED) is 0.386. The van der Waals surface area contributed by atoms with E-state index < -0.39 is 32.2 Å². The Morgan fingerprint density at radius 2 is 2.00 bits per heavy atom. The van der Waals surface area contributed by atoms with Gasteiger partial charge in [-0.05, 0) is 66.5 Å². The highest BCUT2D eigenvalue weighted by Crippen LogP contribution is 2.53. The summed E-state index contributed by atoms with van der Waals surface area (Å²) < 4.78 is 89.5. The number of rotatable bonds is 8. The van der Waals surface area contributed by atoms with Gasteiger partial charge >= 0.3 is 6.18 Å². The molecule has 0 unspecified atom stereocenters. The molecule has 3 N–H and O–H groups in total. The molecule has 0 radical (unpaired) electrons. The lowest BCUT2D eigenvalue weighted by molar-refractivity contribution is -0.143. The third kappa shape index (κ3) is 4.87. The zero-order chi connectivity index (χ0) is 28.2. The summed E-state index contributed by atoms with van der Waals surface area (Å²) in [5.41, 5.74) is 7.41. The van der Waals surface area contributed by atoms with Gasteiger partial charge in [-0.15, -0.1) is 0 Å². The Kier molecular flexibility index (Phi) is 6.88. The first-order valence-electron chi connectivity index (χ1n) is 12.4. The monoisotopic (exact) mass is 567 g/mol. The van der Waals surface area contributed by atoms with E-state index in [0.717, 1.165) is 32.9 Å². The van der Waals surface area contributed by atoms with Crippen molar-refractivity contribution >= 4 is 21.9 Å². The van der Waals surface area contributed by atoms with E-state index in [0.29, 0.717) is 19.3 Å². The molecule has 5 rings (SSSR count). The lowest BCUT2D eigenvalue weighted by Crippen LogP contribution is -2.42. The summed E-state index contributed by atoms with van der Waals surface area (Å²) in [6, 6.07) is 6.84. The van der Waals surface area contributed by atoms with E-state index in [4.69, 9.17) is 10.5 Å². The van der Waals surface area contributed by atoms with E-state index in [1.807, 2.05) is 4.98 Å². The van der Waals surface area contributed by atoms with Crippen LogP contribution in [0.3, 0.4) is 0 Å². The molecule has 2 aromatic heterocycles. The first-order valence-corrected chi connectivity index (χ1v) is 13.9. The van der Waals surface area contributed by atoms with Crippen LogP contribution in [0.5, 0.6) is 0 Å². The molecule has 0 spiro atoms. The van der Waals surface area contributed by atoms with E-state index >= 15 is 0 Å². The summed E-state index contributed by atoms with van der Waals surface area (Å²) in [6.45, 7) is 1.98. The number of alkyl halides is 3. The number of hydrogen-bond acceptors (Lipinski definition) is 5. The van der Waals surface area contributed by atoms with Crippen LogP contribution in [0, 0.1) is 17.2 Å². The lowest BCUT2D eigenvalue weighted by atomic mass is 9.70. The van der Waals surface area contributed by atoms with Crippen molar-refractivity contribution in [2.75, 3.05) is 32.5 Å². The number of methoxy groups -OCH3 is 1. The number of aromatic amines is 1. The van der Waals surface area contributed by atoms with Crippen LogP contribution in [-0.4, -0.2) is 54.3 Å². The highest BCUT2D eigenvalue weighted by molar-refractivity contribution is 7.89. The number of halogens is 4. The van der Waals surface area contributed by atoms with E-state index in [9.17, 15) is 26.0 Å². The molecule has 2 aliphatic rings. The molecular weight excluding hydrogens is 538 g/mol. The minimum atomic E-state index is -4.92. The first-order chi connectivity index (χ1) is 18.3. The second-order valence-electron chi connectivity index (χ2n) is 10.3. The Labute approximate surface area is 223 Å². The smallest absolute Gasteiger partial charge is 0.385 e. The molecule has 0 saturated heterocycles. The summed E-state index contributed by atoms with van der Waals surface area (Å²) in [5, 5.41) is 4.50. The second-order valence-corrected chi connectivity index (χ2v) is 12.2. The summed E-state index contributed by atoms with van der Waals surface area (Å²) in [5.74, 6) is -0.894. The molecule has 13 heteroatoms. The number of allylic oxidation sites excluding steroid dienone is 1. The van der Waals surface area contributed by atoms with Gasteiger partial charge in [0.05, 0.1) is 24.2 Å². The van der Waals surface area contributed by atoms with Crippen molar-refractivity contribution in [3.8, 4) is 5.69 Å². The van der Waals surface area contributed by atoms with Crippen LogP contribution in [0.2, 0.25) is 0 Å². The maximum Gasteiger partial charge on any atom is 0.432 e. The largest absolute Gasteiger partial charge is 0.432 e. The number of ether oxygens (including phenoxy) is 1. The van der Waals surface area contributed by atoms with Crippen molar-refractivity contribution in [2.24, 2.45) is 11.3 Å². The fourth-order valence-corrected chi connectivity index (χ4v) is 7.44. The van der Waals surface area contributed by atoms with Gasteiger partial charge in [0, 0.05) is 26.3 Å². The number of aromatic nitrogens is 3.